The smallest absolute Gasteiger partial charge is 0.457 e. The fourth-order valence-corrected chi connectivity index (χ4v) is 3.34. The average molecular weight is 502 g/mol. The Hall–Kier alpha value is -4.54. The van der Waals surface area contributed by atoms with Gasteiger partial charge in [0.25, 0.3) is 5.91 Å². The number of halogens is 3. The molecule has 0 atom stereocenters. The number of pyridine rings is 1. The Bertz CT molecular complexity index is 1400. The molecule has 2 aromatic heterocycles. The van der Waals surface area contributed by atoms with Gasteiger partial charge in [-0.25, -0.2) is 4.98 Å². The van der Waals surface area contributed by atoms with Gasteiger partial charge in [0.05, 0.1) is 11.0 Å². The second kappa shape index (κ2) is 10.4. The van der Waals surface area contributed by atoms with Crippen molar-refractivity contribution in [3.63, 3.8) is 0 Å². The zero-order valence-electron chi connectivity index (χ0n) is 19.2. The molecule has 190 valence electrons. The molecule has 0 saturated carbocycles. The quantitative estimate of drug-likeness (QED) is 0.210. The van der Waals surface area contributed by atoms with E-state index in [4.69, 9.17) is 4.74 Å². The summed E-state index contributed by atoms with van der Waals surface area (Å²) in [6.07, 6.45) is -0.891. The first-order valence-electron chi connectivity index (χ1n) is 10.8. The molecule has 2 heterocycles. The van der Waals surface area contributed by atoms with Crippen LogP contribution in [-0.2, 0) is 7.05 Å². The third-order valence-corrected chi connectivity index (χ3v) is 5.03. The van der Waals surface area contributed by atoms with Gasteiger partial charge in [0.1, 0.15) is 22.9 Å². The van der Waals surface area contributed by atoms with E-state index in [-0.39, 0.29) is 20.2 Å². The number of aromatic nitrogens is 3. The largest absolute Gasteiger partial charge is 0.573 e. The maximum absolute atomic E-state index is 12.4. The Balaban J connectivity index is 0.00000253. The number of anilines is 2. The number of carbonyl (C=O) groups is 1. The number of hydrogen-bond donors (Lipinski definition) is 2. The van der Waals surface area contributed by atoms with Crippen molar-refractivity contribution in [3.05, 3.63) is 79.1 Å². The highest BCUT2D eigenvalue weighted by atomic mass is 19.4. The van der Waals surface area contributed by atoms with E-state index < -0.39 is 6.36 Å². The lowest BCUT2D eigenvalue weighted by Gasteiger charge is -2.10. The molecule has 2 aromatic carbocycles. The fourth-order valence-electron chi connectivity index (χ4n) is 3.34. The number of hydrogen-bond acceptors (Lipinski definition) is 6. The topological polar surface area (TPSA) is 90.3 Å². The standard InChI is InChI=1S/C25H22F3N5O3.2H2/c1-3-4-12-30-23(34)21-15-19(11-13-29-21)35-18-9-10-22-20(14-18)32-24(33(22)2)31-16-5-7-17(8-6-16)36-25(26,27)28;;/h3,5-11,13-15H,1,4,12H2,2H3,(H,30,34)(H,31,32);2*1H. The van der Waals surface area contributed by atoms with Crippen molar-refractivity contribution in [2.75, 3.05) is 11.9 Å². The third-order valence-electron chi connectivity index (χ3n) is 5.03. The molecule has 4 aromatic rings. The van der Waals surface area contributed by atoms with E-state index in [1.54, 1.807) is 42.0 Å². The van der Waals surface area contributed by atoms with E-state index in [1.165, 1.54) is 30.5 Å². The summed E-state index contributed by atoms with van der Waals surface area (Å²) in [5, 5.41) is 5.83. The van der Waals surface area contributed by atoms with Crippen LogP contribution in [0.5, 0.6) is 17.2 Å². The van der Waals surface area contributed by atoms with Gasteiger partial charge in [0.15, 0.2) is 0 Å². The van der Waals surface area contributed by atoms with E-state index in [9.17, 15) is 18.0 Å². The Kier molecular flexibility index (Phi) is 7.09. The molecular formula is C25H26F3N5O3. The number of alkyl halides is 3. The number of nitrogens with one attached hydrogen (secondary N) is 2. The van der Waals surface area contributed by atoms with Crippen LogP contribution in [0.15, 0.2) is 73.4 Å². The summed E-state index contributed by atoms with van der Waals surface area (Å²) in [5.41, 5.74) is 2.20. The minimum atomic E-state index is -4.75. The van der Waals surface area contributed by atoms with Crippen LogP contribution in [0.4, 0.5) is 24.8 Å². The molecule has 0 spiro atoms. The highest BCUT2D eigenvalue weighted by molar-refractivity contribution is 5.92. The minimum Gasteiger partial charge on any atom is -0.457 e. The lowest BCUT2D eigenvalue weighted by atomic mass is 10.3. The molecule has 36 heavy (non-hydrogen) atoms. The zero-order chi connectivity index (χ0) is 25.7. The molecule has 0 fully saturated rings. The SMILES string of the molecule is C=CCCNC(=O)c1cc(Oc2ccc3c(c2)nc(Nc2ccc(OC(F)(F)F)cc2)n3C)ccn1.[HH].[HH]. The van der Waals surface area contributed by atoms with E-state index in [2.05, 4.69) is 31.9 Å². The van der Waals surface area contributed by atoms with Crippen molar-refractivity contribution < 1.29 is 30.3 Å². The number of rotatable bonds is 9. The van der Waals surface area contributed by atoms with Gasteiger partial charge in [-0.2, -0.15) is 0 Å². The first kappa shape index (κ1) is 24.6. The number of imidazole rings is 1. The molecule has 11 heteroatoms. The number of aryl methyl sites for hydroxylation is 1. The van der Waals surface area contributed by atoms with Crippen molar-refractivity contribution >= 4 is 28.6 Å². The summed E-state index contributed by atoms with van der Waals surface area (Å²) in [4.78, 5) is 20.9. The van der Waals surface area contributed by atoms with Gasteiger partial charge < -0.3 is 24.7 Å². The first-order valence-corrected chi connectivity index (χ1v) is 10.8. The summed E-state index contributed by atoms with van der Waals surface area (Å²) >= 11 is 0. The van der Waals surface area contributed by atoms with Crippen LogP contribution in [-0.4, -0.2) is 33.3 Å². The second-order valence-corrected chi connectivity index (χ2v) is 7.65. The number of fused-ring (bicyclic) bond motifs is 1. The van der Waals surface area contributed by atoms with Crippen LogP contribution in [0.1, 0.15) is 19.8 Å². The number of benzene rings is 2. The molecule has 4 rings (SSSR count). The number of nitrogens with zero attached hydrogens (tertiary/aromatic N) is 3. The van der Waals surface area contributed by atoms with Crippen molar-refractivity contribution in [1.29, 1.82) is 0 Å². The molecule has 0 aliphatic heterocycles. The maximum Gasteiger partial charge on any atom is 0.573 e. The monoisotopic (exact) mass is 501 g/mol. The summed E-state index contributed by atoms with van der Waals surface area (Å²) in [6.45, 7) is 4.08. The number of amides is 1. The van der Waals surface area contributed by atoms with Crippen LogP contribution in [0.3, 0.4) is 0 Å². The Morgan fingerprint density at radius 3 is 2.56 bits per heavy atom. The Morgan fingerprint density at radius 2 is 1.83 bits per heavy atom. The van der Waals surface area contributed by atoms with E-state index in [0.717, 1.165) is 5.52 Å². The van der Waals surface area contributed by atoms with Gasteiger partial charge >= 0.3 is 6.36 Å². The minimum absolute atomic E-state index is 0. The predicted molar refractivity (Wildman–Crippen MR) is 133 cm³/mol. The summed E-state index contributed by atoms with van der Waals surface area (Å²) in [7, 11) is 1.81. The van der Waals surface area contributed by atoms with Crippen molar-refractivity contribution in [2.45, 2.75) is 12.8 Å². The Labute approximate surface area is 207 Å². The highest BCUT2D eigenvalue weighted by Gasteiger charge is 2.31. The second-order valence-electron chi connectivity index (χ2n) is 7.65. The van der Waals surface area contributed by atoms with Gasteiger partial charge in [0, 0.05) is 40.5 Å². The van der Waals surface area contributed by atoms with Crippen molar-refractivity contribution in [1.82, 2.24) is 19.9 Å². The molecule has 0 bridgehead atoms. The molecule has 1 amide bonds. The molecule has 0 saturated heterocycles. The van der Waals surface area contributed by atoms with E-state index in [0.29, 0.717) is 41.6 Å². The van der Waals surface area contributed by atoms with Crippen molar-refractivity contribution in [3.8, 4) is 17.2 Å². The number of carbonyl (C=O) groups excluding carboxylic acids is 1. The lowest BCUT2D eigenvalue weighted by molar-refractivity contribution is -0.274. The molecule has 0 aliphatic carbocycles. The predicted octanol–water partition coefficient (Wildman–Crippen LogP) is 6.20. The maximum atomic E-state index is 12.4. The summed E-state index contributed by atoms with van der Waals surface area (Å²) < 4.78 is 48.7. The van der Waals surface area contributed by atoms with Crippen LogP contribution in [0.25, 0.3) is 11.0 Å². The molecular weight excluding hydrogens is 475 g/mol. The molecule has 0 radical (unpaired) electrons. The molecule has 8 nitrogen and oxygen atoms in total. The fraction of sp³-hybridized carbons (Fsp3) is 0.160. The highest BCUT2D eigenvalue weighted by Crippen LogP contribution is 2.29. The van der Waals surface area contributed by atoms with E-state index >= 15 is 0 Å². The van der Waals surface area contributed by atoms with E-state index in [1.807, 2.05) is 6.07 Å². The first-order chi connectivity index (χ1) is 17.2. The van der Waals surface area contributed by atoms with Gasteiger partial charge in [-0.1, -0.05) is 6.08 Å². The van der Waals surface area contributed by atoms with Crippen LogP contribution in [0, 0.1) is 0 Å². The van der Waals surface area contributed by atoms with Gasteiger partial charge in [-0.05, 0) is 48.9 Å². The van der Waals surface area contributed by atoms with Gasteiger partial charge in [-0.3, -0.25) is 9.78 Å². The third kappa shape index (κ3) is 6.12. The number of ether oxygens (including phenoxy) is 2. The van der Waals surface area contributed by atoms with Crippen LogP contribution < -0.4 is 20.1 Å². The van der Waals surface area contributed by atoms with Crippen LogP contribution in [0.2, 0.25) is 0 Å². The molecule has 0 unspecified atom stereocenters. The van der Waals surface area contributed by atoms with Crippen LogP contribution >= 0.6 is 0 Å². The summed E-state index contributed by atoms with van der Waals surface area (Å²) in [6, 6.07) is 13.9. The van der Waals surface area contributed by atoms with Crippen molar-refractivity contribution in [2.24, 2.45) is 7.05 Å². The zero-order valence-corrected chi connectivity index (χ0v) is 19.2. The van der Waals surface area contributed by atoms with Gasteiger partial charge in [0.2, 0.25) is 5.95 Å². The Morgan fingerprint density at radius 1 is 1.11 bits per heavy atom. The lowest BCUT2D eigenvalue weighted by Crippen LogP contribution is -2.24. The molecule has 2 N–H and O–H groups in total. The van der Waals surface area contributed by atoms with Gasteiger partial charge in [-0.15, -0.1) is 19.8 Å². The molecule has 0 aliphatic rings. The normalized spacial score (nSPS) is 11.2. The summed E-state index contributed by atoms with van der Waals surface area (Å²) in [5.74, 6) is 0.803. The average Bonchev–Trinajstić information content (AvgIpc) is 3.14.